The molecule has 0 aliphatic rings. The first-order chi connectivity index (χ1) is 9.08. The molecule has 0 saturated carbocycles. The van der Waals surface area contributed by atoms with E-state index in [1.807, 2.05) is 0 Å². The number of hydrogen-bond donors (Lipinski definition) is 0. The van der Waals surface area contributed by atoms with Crippen molar-refractivity contribution in [3.05, 3.63) is 55.7 Å². The molecule has 0 N–H and O–H groups in total. The van der Waals surface area contributed by atoms with Gasteiger partial charge >= 0.3 is 0 Å². The lowest BCUT2D eigenvalue weighted by Gasteiger charge is -2.13. The molecule has 0 spiro atoms. The SMILES string of the molecule is CCc1ccc(C(Br)c2scc(C)c2Cl)cc1CC. The molecular weight excluding hydrogens is 340 g/mol. The van der Waals surface area contributed by atoms with Crippen LogP contribution in [-0.2, 0) is 12.8 Å². The summed E-state index contributed by atoms with van der Waals surface area (Å²) in [4.78, 5) is 1.39. The maximum absolute atomic E-state index is 6.37. The molecule has 1 unspecified atom stereocenters. The molecule has 1 aromatic carbocycles. The largest absolute Gasteiger partial charge is 0.145 e. The molecule has 0 aliphatic heterocycles. The molecule has 0 amide bonds. The molecule has 0 fully saturated rings. The van der Waals surface area contributed by atoms with Crippen molar-refractivity contribution in [2.24, 2.45) is 0 Å². The molecule has 0 radical (unpaired) electrons. The van der Waals surface area contributed by atoms with Gasteiger partial charge in [-0.1, -0.05) is 59.6 Å². The van der Waals surface area contributed by atoms with E-state index in [4.69, 9.17) is 11.6 Å². The molecule has 1 aromatic heterocycles. The van der Waals surface area contributed by atoms with Crippen LogP contribution in [0.25, 0.3) is 0 Å². The lowest BCUT2D eigenvalue weighted by Crippen LogP contribution is -1.96. The van der Waals surface area contributed by atoms with Crippen LogP contribution in [0.5, 0.6) is 0 Å². The molecule has 0 nitrogen and oxygen atoms in total. The standard InChI is InChI=1S/C16H18BrClS/c1-4-11-6-7-13(8-12(11)5-2)14(17)16-15(18)10(3)9-19-16/h6-9,14H,4-5H2,1-3H3. The molecule has 102 valence electrons. The van der Waals surface area contributed by atoms with Crippen LogP contribution in [0, 0.1) is 6.92 Å². The number of rotatable bonds is 4. The van der Waals surface area contributed by atoms with Gasteiger partial charge in [-0.3, -0.25) is 0 Å². The number of aryl methyl sites for hydroxylation is 3. The molecule has 0 aliphatic carbocycles. The number of benzene rings is 1. The van der Waals surface area contributed by atoms with Gasteiger partial charge in [-0.25, -0.2) is 0 Å². The third kappa shape index (κ3) is 3.07. The van der Waals surface area contributed by atoms with Gasteiger partial charge in [-0.2, -0.15) is 0 Å². The summed E-state index contributed by atoms with van der Waals surface area (Å²) in [6.07, 6.45) is 2.17. The predicted octanol–water partition coefficient (Wildman–Crippen LogP) is 6.32. The smallest absolute Gasteiger partial charge is 0.0753 e. The van der Waals surface area contributed by atoms with E-state index in [1.54, 1.807) is 11.3 Å². The number of alkyl halides is 1. The van der Waals surface area contributed by atoms with Crippen molar-refractivity contribution >= 4 is 38.9 Å². The summed E-state index contributed by atoms with van der Waals surface area (Å²) in [5.74, 6) is 0. The van der Waals surface area contributed by atoms with Gasteiger partial charge in [-0.05, 0) is 47.4 Å². The predicted molar refractivity (Wildman–Crippen MR) is 90.0 cm³/mol. The summed E-state index contributed by atoms with van der Waals surface area (Å²) in [5.41, 5.74) is 5.33. The van der Waals surface area contributed by atoms with Crippen LogP contribution in [0.2, 0.25) is 5.02 Å². The number of hydrogen-bond acceptors (Lipinski definition) is 1. The second kappa shape index (κ2) is 6.43. The summed E-state index contributed by atoms with van der Waals surface area (Å²) in [6, 6.07) is 6.77. The maximum Gasteiger partial charge on any atom is 0.0753 e. The van der Waals surface area contributed by atoms with Crippen LogP contribution < -0.4 is 0 Å². The number of thiophene rings is 1. The third-order valence-electron chi connectivity index (χ3n) is 3.44. The molecule has 0 bridgehead atoms. The first kappa shape index (κ1) is 15.1. The molecule has 0 saturated heterocycles. The zero-order chi connectivity index (χ0) is 14.0. The van der Waals surface area contributed by atoms with Crippen LogP contribution in [0.1, 0.15) is 45.8 Å². The molecule has 1 atom stereocenters. The first-order valence-electron chi connectivity index (χ1n) is 6.57. The third-order valence-corrected chi connectivity index (χ3v) is 6.51. The summed E-state index contributed by atoms with van der Waals surface area (Å²) in [5, 5.41) is 3.01. The average Bonchev–Trinajstić information content (AvgIpc) is 2.77. The fraction of sp³-hybridized carbons (Fsp3) is 0.375. The zero-order valence-electron chi connectivity index (χ0n) is 11.5. The van der Waals surface area contributed by atoms with E-state index in [1.165, 1.54) is 21.6 Å². The van der Waals surface area contributed by atoms with Crippen molar-refractivity contribution < 1.29 is 0 Å². The molecular formula is C16H18BrClS. The van der Waals surface area contributed by atoms with Gasteiger partial charge in [0.2, 0.25) is 0 Å². The van der Waals surface area contributed by atoms with Crippen LogP contribution in [0.15, 0.2) is 23.6 Å². The Bertz CT molecular complexity index is 574. The monoisotopic (exact) mass is 356 g/mol. The van der Waals surface area contributed by atoms with Crippen molar-refractivity contribution in [1.82, 2.24) is 0 Å². The van der Waals surface area contributed by atoms with E-state index < -0.39 is 0 Å². The van der Waals surface area contributed by atoms with E-state index in [9.17, 15) is 0 Å². The molecule has 19 heavy (non-hydrogen) atoms. The van der Waals surface area contributed by atoms with E-state index >= 15 is 0 Å². The minimum atomic E-state index is 0.190. The maximum atomic E-state index is 6.37. The topological polar surface area (TPSA) is 0 Å². The van der Waals surface area contributed by atoms with Gasteiger partial charge in [0.25, 0.3) is 0 Å². The van der Waals surface area contributed by atoms with Gasteiger partial charge in [0.05, 0.1) is 9.85 Å². The Morgan fingerprint density at radius 3 is 2.42 bits per heavy atom. The van der Waals surface area contributed by atoms with Crippen molar-refractivity contribution in [2.45, 2.75) is 38.4 Å². The Balaban J connectivity index is 2.39. The van der Waals surface area contributed by atoms with Gasteiger partial charge < -0.3 is 0 Å². The van der Waals surface area contributed by atoms with E-state index in [-0.39, 0.29) is 4.83 Å². The highest BCUT2D eigenvalue weighted by Crippen LogP contribution is 2.41. The van der Waals surface area contributed by atoms with Crippen molar-refractivity contribution in [2.75, 3.05) is 0 Å². The van der Waals surface area contributed by atoms with Crippen LogP contribution in [0.4, 0.5) is 0 Å². The lowest BCUT2D eigenvalue weighted by molar-refractivity contribution is 1.02. The molecule has 2 rings (SSSR count). The van der Waals surface area contributed by atoms with Crippen molar-refractivity contribution in [3.8, 4) is 0 Å². The molecule has 1 heterocycles. The second-order valence-corrected chi connectivity index (χ2v) is 6.90. The Labute approximate surface area is 132 Å². The van der Waals surface area contributed by atoms with Gasteiger partial charge in [-0.15, -0.1) is 11.3 Å². The first-order valence-corrected chi connectivity index (χ1v) is 8.75. The summed E-state index contributed by atoms with van der Waals surface area (Å²) >= 11 is 11.9. The highest BCUT2D eigenvalue weighted by molar-refractivity contribution is 9.09. The van der Waals surface area contributed by atoms with Crippen molar-refractivity contribution in [3.63, 3.8) is 0 Å². The summed E-state index contributed by atoms with van der Waals surface area (Å²) in [7, 11) is 0. The Kier molecular flexibility index (Phi) is 5.10. The summed E-state index contributed by atoms with van der Waals surface area (Å²) in [6.45, 7) is 6.47. The van der Waals surface area contributed by atoms with Crippen LogP contribution in [-0.4, -0.2) is 0 Å². The zero-order valence-corrected chi connectivity index (χ0v) is 14.6. The average molecular weight is 358 g/mol. The van der Waals surface area contributed by atoms with Gasteiger partial charge in [0, 0.05) is 4.88 Å². The van der Waals surface area contributed by atoms with E-state index in [2.05, 4.69) is 60.3 Å². The Morgan fingerprint density at radius 2 is 1.89 bits per heavy atom. The highest BCUT2D eigenvalue weighted by atomic mass is 79.9. The van der Waals surface area contributed by atoms with E-state index in [0.717, 1.165) is 23.4 Å². The normalized spacial score (nSPS) is 12.7. The number of halogens is 2. The minimum absolute atomic E-state index is 0.190. The highest BCUT2D eigenvalue weighted by Gasteiger charge is 2.17. The van der Waals surface area contributed by atoms with Crippen LogP contribution >= 0.6 is 38.9 Å². The quantitative estimate of drug-likeness (QED) is 0.562. The fourth-order valence-corrected chi connectivity index (χ4v) is 4.52. The van der Waals surface area contributed by atoms with Gasteiger partial charge in [0.1, 0.15) is 0 Å². The second-order valence-electron chi connectivity index (χ2n) is 4.69. The van der Waals surface area contributed by atoms with E-state index in [0.29, 0.717) is 0 Å². The molecule has 3 heteroatoms. The molecule has 2 aromatic rings. The Hall–Kier alpha value is -0.310. The minimum Gasteiger partial charge on any atom is -0.145 e. The summed E-state index contributed by atoms with van der Waals surface area (Å²) < 4.78 is 0. The van der Waals surface area contributed by atoms with Crippen molar-refractivity contribution in [1.29, 1.82) is 0 Å². The van der Waals surface area contributed by atoms with Crippen LogP contribution in [0.3, 0.4) is 0 Å². The lowest BCUT2D eigenvalue weighted by atomic mass is 9.98. The Morgan fingerprint density at radius 1 is 1.21 bits per heavy atom. The fourth-order valence-electron chi connectivity index (χ4n) is 2.25. The van der Waals surface area contributed by atoms with Gasteiger partial charge in [0.15, 0.2) is 0 Å².